The zero-order chi connectivity index (χ0) is 25.4. The maximum atomic E-state index is 11.7. The SMILES string of the molecule is N#Cc1cc(Cl)c(Nc2nc3cnc(N[C@@H]4CC[C@@H](O)C4)nc3n2C2CCC(C(N)=O)CC2)c(Cl)c1. The molecule has 0 spiro atoms. The topological polar surface area (TPSA) is 155 Å². The molecule has 1 aromatic carbocycles. The van der Waals surface area contributed by atoms with Crippen molar-refractivity contribution in [3.05, 3.63) is 33.9 Å². The highest BCUT2D eigenvalue weighted by molar-refractivity contribution is 6.39. The number of amides is 1. The Morgan fingerprint density at radius 2 is 1.86 bits per heavy atom. The number of nitrogens with two attached hydrogens (primary N) is 1. The smallest absolute Gasteiger partial charge is 0.224 e. The van der Waals surface area contributed by atoms with Gasteiger partial charge in [-0.2, -0.15) is 10.2 Å². The maximum absolute atomic E-state index is 11.7. The van der Waals surface area contributed by atoms with E-state index in [1.165, 1.54) is 0 Å². The second-order valence-corrected chi connectivity index (χ2v) is 10.3. The van der Waals surface area contributed by atoms with Crippen molar-refractivity contribution in [3.63, 3.8) is 0 Å². The Balaban J connectivity index is 1.53. The molecule has 2 aliphatic carbocycles. The van der Waals surface area contributed by atoms with Gasteiger partial charge in [0.2, 0.25) is 17.8 Å². The molecule has 2 fully saturated rings. The number of halogens is 2. The van der Waals surface area contributed by atoms with E-state index in [0.29, 0.717) is 63.6 Å². The van der Waals surface area contributed by atoms with Crippen LogP contribution in [-0.2, 0) is 4.79 Å². The number of benzene rings is 1. The number of hydrogen-bond donors (Lipinski definition) is 4. The minimum absolute atomic E-state index is 0.0140. The van der Waals surface area contributed by atoms with E-state index in [9.17, 15) is 15.2 Å². The van der Waals surface area contributed by atoms with Crippen molar-refractivity contribution in [1.82, 2.24) is 19.5 Å². The fourth-order valence-corrected chi connectivity index (χ4v) is 5.73. The van der Waals surface area contributed by atoms with Crippen molar-refractivity contribution in [2.45, 2.75) is 63.1 Å². The number of fused-ring (bicyclic) bond motifs is 1. The van der Waals surface area contributed by atoms with Crippen LogP contribution in [0.1, 0.15) is 56.6 Å². The third-order valence-electron chi connectivity index (χ3n) is 7.04. The number of aromatic nitrogens is 4. The summed E-state index contributed by atoms with van der Waals surface area (Å²) in [5, 5.41) is 26.2. The summed E-state index contributed by atoms with van der Waals surface area (Å²) in [7, 11) is 0. The van der Waals surface area contributed by atoms with Gasteiger partial charge in [0, 0.05) is 18.0 Å². The molecule has 0 aliphatic heterocycles. The van der Waals surface area contributed by atoms with Crippen LogP contribution >= 0.6 is 23.2 Å². The van der Waals surface area contributed by atoms with Crippen LogP contribution in [0.2, 0.25) is 10.0 Å². The van der Waals surface area contributed by atoms with Gasteiger partial charge in [0.25, 0.3) is 0 Å². The quantitative estimate of drug-likeness (QED) is 0.369. The molecule has 0 saturated heterocycles. The van der Waals surface area contributed by atoms with Gasteiger partial charge < -0.3 is 21.5 Å². The lowest BCUT2D eigenvalue weighted by Crippen LogP contribution is -2.29. The molecule has 0 radical (unpaired) electrons. The van der Waals surface area contributed by atoms with E-state index in [2.05, 4.69) is 15.6 Å². The highest BCUT2D eigenvalue weighted by Gasteiger charge is 2.30. The summed E-state index contributed by atoms with van der Waals surface area (Å²) in [6.45, 7) is 0. The summed E-state index contributed by atoms with van der Waals surface area (Å²) in [5.41, 5.74) is 7.57. The molecule has 5 rings (SSSR count). The molecular weight excluding hydrogens is 503 g/mol. The Morgan fingerprint density at radius 3 is 2.47 bits per heavy atom. The van der Waals surface area contributed by atoms with Gasteiger partial charge in [-0.3, -0.25) is 9.36 Å². The molecule has 12 heteroatoms. The van der Waals surface area contributed by atoms with Gasteiger partial charge in [0.1, 0.15) is 5.52 Å². The number of carbonyl (C=O) groups is 1. The number of nitriles is 1. The van der Waals surface area contributed by atoms with Gasteiger partial charge in [0.05, 0.1) is 39.7 Å². The van der Waals surface area contributed by atoms with Crippen molar-refractivity contribution in [2.24, 2.45) is 11.7 Å². The van der Waals surface area contributed by atoms with Crippen LogP contribution in [-0.4, -0.2) is 42.7 Å². The second kappa shape index (κ2) is 10.1. The maximum Gasteiger partial charge on any atom is 0.224 e. The lowest BCUT2D eigenvalue weighted by Gasteiger charge is -2.29. The molecule has 0 bridgehead atoms. The zero-order valence-corrected chi connectivity index (χ0v) is 20.9. The summed E-state index contributed by atoms with van der Waals surface area (Å²) in [6, 6.07) is 5.24. The molecule has 2 heterocycles. The Kier molecular flexibility index (Phi) is 6.88. The predicted molar refractivity (Wildman–Crippen MR) is 137 cm³/mol. The van der Waals surface area contributed by atoms with Gasteiger partial charge in [-0.25, -0.2) is 9.97 Å². The van der Waals surface area contributed by atoms with Gasteiger partial charge in [-0.05, 0) is 57.1 Å². The molecule has 36 heavy (non-hydrogen) atoms. The zero-order valence-electron chi connectivity index (χ0n) is 19.4. The number of rotatable bonds is 6. The molecule has 2 saturated carbocycles. The Bertz CT molecular complexity index is 1320. The van der Waals surface area contributed by atoms with Crippen molar-refractivity contribution >= 4 is 57.9 Å². The van der Waals surface area contributed by atoms with Crippen LogP contribution in [0, 0.1) is 17.2 Å². The first-order chi connectivity index (χ1) is 17.3. The van der Waals surface area contributed by atoms with E-state index in [4.69, 9.17) is 38.9 Å². The summed E-state index contributed by atoms with van der Waals surface area (Å²) in [5.74, 6) is 0.542. The molecular formula is C24H26Cl2N8O2. The molecule has 2 aromatic heterocycles. The molecule has 188 valence electrons. The van der Waals surface area contributed by atoms with E-state index in [1.807, 2.05) is 10.6 Å². The van der Waals surface area contributed by atoms with E-state index in [-0.39, 0.29) is 30.0 Å². The van der Waals surface area contributed by atoms with E-state index < -0.39 is 0 Å². The van der Waals surface area contributed by atoms with Crippen LogP contribution in [0.15, 0.2) is 18.3 Å². The van der Waals surface area contributed by atoms with Crippen molar-refractivity contribution in [2.75, 3.05) is 10.6 Å². The molecule has 2 aliphatic rings. The van der Waals surface area contributed by atoms with Crippen LogP contribution < -0.4 is 16.4 Å². The fraction of sp³-hybridized carbons (Fsp3) is 0.458. The van der Waals surface area contributed by atoms with Gasteiger partial charge >= 0.3 is 0 Å². The first-order valence-corrected chi connectivity index (χ1v) is 12.7. The standard InChI is InChI=1S/C24H26Cl2N8O2/c25-17-7-12(10-27)8-18(26)20(17)32-24-31-19-11-29-23(30-14-3-6-16(35)9-14)33-22(19)34(24)15-4-1-13(2-5-15)21(28)36/h7-8,11,13-16,35H,1-6,9H2,(H2,28,36)(H,31,32)(H,29,30,33)/t13?,14-,15?,16-/m1/s1. The highest BCUT2D eigenvalue weighted by Crippen LogP contribution is 2.39. The number of imidazole rings is 1. The summed E-state index contributed by atoms with van der Waals surface area (Å²) >= 11 is 12.9. The van der Waals surface area contributed by atoms with Crippen LogP contribution in [0.3, 0.4) is 0 Å². The number of carbonyl (C=O) groups excluding carboxylic acids is 1. The van der Waals surface area contributed by atoms with Crippen molar-refractivity contribution < 1.29 is 9.90 Å². The molecule has 3 aromatic rings. The summed E-state index contributed by atoms with van der Waals surface area (Å²) in [6.07, 6.45) is 6.41. The fourth-order valence-electron chi connectivity index (χ4n) is 5.15. The molecule has 1 amide bonds. The lowest BCUT2D eigenvalue weighted by molar-refractivity contribution is -0.122. The van der Waals surface area contributed by atoms with Crippen molar-refractivity contribution in [3.8, 4) is 6.07 Å². The first kappa shape index (κ1) is 24.6. The number of nitrogens with zero attached hydrogens (tertiary/aromatic N) is 5. The molecule has 0 unspecified atom stereocenters. The average Bonchev–Trinajstić information content (AvgIpc) is 3.43. The minimum atomic E-state index is -0.310. The molecule has 5 N–H and O–H groups in total. The molecule has 2 atom stereocenters. The lowest BCUT2D eigenvalue weighted by atomic mass is 9.85. The summed E-state index contributed by atoms with van der Waals surface area (Å²) < 4.78 is 2.01. The van der Waals surface area contributed by atoms with E-state index in [0.717, 1.165) is 25.7 Å². The summed E-state index contributed by atoms with van der Waals surface area (Å²) in [4.78, 5) is 25.7. The number of anilines is 3. The largest absolute Gasteiger partial charge is 0.393 e. The van der Waals surface area contributed by atoms with Gasteiger partial charge in [-0.1, -0.05) is 23.2 Å². The number of aliphatic hydroxyl groups excluding tert-OH is 1. The van der Waals surface area contributed by atoms with E-state index >= 15 is 0 Å². The van der Waals surface area contributed by atoms with Crippen molar-refractivity contribution in [1.29, 1.82) is 5.26 Å². The van der Waals surface area contributed by atoms with Crippen LogP contribution in [0.5, 0.6) is 0 Å². The molecule has 10 nitrogen and oxygen atoms in total. The number of hydrogen-bond acceptors (Lipinski definition) is 8. The van der Waals surface area contributed by atoms with E-state index in [1.54, 1.807) is 18.3 Å². The Morgan fingerprint density at radius 1 is 1.14 bits per heavy atom. The predicted octanol–water partition coefficient (Wildman–Crippen LogP) is 4.29. The monoisotopic (exact) mass is 528 g/mol. The van der Waals surface area contributed by atoms with Crippen LogP contribution in [0.4, 0.5) is 17.6 Å². The Labute approximate surface area is 217 Å². The van der Waals surface area contributed by atoms with Crippen LogP contribution in [0.25, 0.3) is 11.2 Å². The van der Waals surface area contributed by atoms with Gasteiger partial charge in [0.15, 0.2) is 5.65 Å². The Hall–Kier alpha value is -3.13. The number of primary amides is 1. The third-order valence-corrected chi connectivity index (χ3v) is 7.64. The average molecular weight is 529 g/mol. The number of aliphatic hydroxyl groups is 1. The normalized spacial score (nSPS) is 23.9. The first-order valence-electron chi connectivity index (χ1n) is 12.0. The third kappa shape index (κ3) is 4.91. The highest BCUT2D eigenvalue weighted by atomic mass is 35.5. The number of nitrogens with one attached hydrogen (secondary N) is 2. The second-order valence-electron chi connectivity index (χ2n) is 9.48. The minimum Gasteiger partial charge on any atom is -0.393 e. The van der Waals surface area contributed by atoms with Gasteiger partial charge in [-0.15, -0.1) is 0 Å².